The van der Waals surface area contributed by atoms with Crippen molar-refractivity contribution in [2.75, 3.05) is 5.73 Å². The van der Waals surface area contributed by atoms with E-state index in [0.29, 0.717) is 12.2 Å². The summed E-state index contributed by atoms with van der Waals surface area (Å²) in [6, 6.07) is 7.31. The number of anilines is 1. The molecule has 0 fully saturated rings. The number of rotatable bonds is 4. The van der Waals surface area contributed by atoms with Crippen molar-refractivity contribution in [2.24, 2.45) is 0 Å². The Kier molecular flexibility index (Phi) is 3.90. The topological polar surface area (TPSA) is 64.1 Å². The van der Waals surface area contributed by atoms with Crippen LogP contribution in [-0.2, 0) is 13.0 Å². The summed E-state index contributed by atoms with van der Waals surface area (Å²) < 4.78 is 1.88. The van der Waals surface area contributed by atoms with E-state index < -0.39 is 6.10 Å². The zero-order valence-electron chi connectivity index (χ0n) is 11.7. The van der Waals surface area contributed by atoms with Gasteiger partial charge in [-0.3, -0.25) is 4.68 Å². The minimum Gasteiger partial charge on any atom is -0.399 e. The zero-order chi connectivity index (χ0) is 14.0. The Hall–Kier alpha value is -1.81. The summed E-state index contributed by atoms with van der Waals surface area (Å²) in [6.45, 7) is 6.65. The summed E-state index contributed by atoms with van der Waals surface area (Å²) in [6.07, 6.45) is 0.402. The monoisotopic (exact) mass is 259 g/mol. The van der Waals surface area contributed by atoms with E-state index in [1.807, 2.05) is 23.7 Å². The maximum atomic E-state index is 10.3. The molecule has 0 saturated carbocycles. The number of aliphatic hydroxyl groups is 1. The normalized spacial score (nSPS) is 12.6. The Balaban J connectivity index is 2.19. The number of hydrogen-bond donors (Lipinski definition) is 2. The van der Waals surface area contributed by atoms with E-state index in [-0.39, 0.29) is 0 Å². The number of aryl methyl sites for hydroxylation is 1. The molecule has 3 N–H and O–H groups in total. The molecule has 0 aliphatic rings. The van der Waals surface area contributed by atoms with Crippen molar-refractivity contribution in [3.8, 4) is 0 Å². The SMILES string of the molecule is CCc1c(C)nn(CC(O)c2ccc(N)cc2)c1C. The standard InChI is InChI=1S/C15H21N3O/c1-4-14-10(2)17-18(11(14)3)9-15(19)12-5-7-13(16)8-6-12/h5-8,15,19H,4,9,16H2,1-3H3. The number of aliphatic hydroxyl groups excluding tert-OH is 1. The molecule has 0 amide bonds. The lowest BCUT2D eigenvalue weighted by atomic mass is 10.1. The van der Waals surface area contributed by atoms with Crippen molar-refractivity contribution in [2.45, 2.75) is 39.8 Å². The second-order valence-electron chi connectivity index (χ2n) is 4.87. The van der Waals surface area contributed by atoms with E-state index in [1.165, 1.54) is 5.56 Å². The van der Waals surface area contributed by atoms with Gasteiger partial charge in [0.15, 0.2) is 0 Å². The zero-order valence-corrected chi connectivity index (χ0v) is 11.7. The summed E-state index contributed by atoms with van der Waals surface area (Å²) in [5.41, 5.74) is 10.7. The van der Waals surface area contributed by atoms with Gasteiger partial charge in [-0.15, -0.1) is 0 Å². The largest absolute Gasteiger partial charge is 0.399 e. The molecule has 4 heteroatoms. The summed E-state index contributed by atoms with van der Waals surface area (Å²) in [4.78, 5) is 0. The molecule has 19 heavy (non-hydrogen) atoms. The van der Waals surface area contributed by atoms with Crippen LogP contribution in [0.15, 0.2) is 24.3 Å². The number of hydrogen-bond acceptors (Lipinski definition) is 3. The summed E-state index contributed by atoms with van der Waals surface area (Å²) in [7, 11) is 0. The van der Waals surface area contributed by atoms with Crippen LogP contribution in [0.2, 0.25) is 0 Å². The molecular formula is C15H21N3O. The van der Waals surface area contributed by atoms with Crippen molar-refractivity contribution in [3.05, 3.63) is 46.8 Å². The van der Waals surface area contributed by atoms with Gasteiger partial charge in [0.2, 0.25) is 0 Å². The fourth-order valence-corrected chi connectivity index (χ4v) is 2.41. The van der Waals surface area contributed by atoms with Gasteiger partial charge < -0.3 is 10.8 Å². The summed E-state index contributed by atoms with van der Waals surface area (Å²) in [5, 5.41) is 14.8. The number of nitrogens with zero attached hydrogens (tertiary/aromatic N) is 2. The van der Waals surface area contributed by atoms with Gasteiger partial charge in [-0.25, -0.2) is 0 Å². The average Bonchev–Trinajstić information content (AvgIpc) is 2.64. The van der Waals surface area contributed by atoms with Crippen LogP contribution in [-0.4, -0.2) is 14.9 Å². The van der Waals surface area contributed by atoms with Gasteiger partial charge in [-0.2, -0.15) is 5.10 Å². The van der Waals surface area contributed by atoms with Crippen LogP contribution in [0.5, 0.6) is 0 Å². The maximum Gasteiger partial charge on any atom is 0.0986 e. The summed E-state index contributed by atoms with van der Waals surface area (Å²) in [5.74, 6) is 0. The highest BCUT2D eigenvalue weighted by molar-refractivity contribution is 5.39. The van der Waals surface area contributed by atoms with E-state index in [2.05, 4.69) is 18.9 Å². The molecule has 102 valence electrons. The Morgan fingerprint density at radius 2 is 1.89 bits per heavy atom. The minimum atomic E-state index is -0.566. The van der Waals surface area contributed by atoms with Gasteiger partial charge in [0, 0.05) is 11.4 Å². The molecule has 0 spiro atoms. The van der Waals surface area contributed by atoms with Crippen LogP contribution in [0.1, 0.15) is 35.5 Å². The highest BCUT2D eigenvalue weighted by atomic mass is 16.3. The van der Waals surface area contributed by atoms with Crippen molar-refractivity contribution >= 4 is 5.69 Å². The quantitative estimate of drug-likeness (QED) is 0.829. The van der Waals surface area contributed by atoms with Crippen molar-refractivity contribution in [3.63, 3.8) is 0 Å². The predicted molar refractivity (Wildman–Crippen MR) is 76.9 cm³/mol. The molecule has 4 nitrogen and oxygen atoms in total. The number of aromatic nitrogens is 2. The third-order valence-electron chi connectivity index (χ3n) is 3.55. The van der Waals surface area contributed by atoms with Crippen LogP contribution in [0.25, 0.3) is 0 Å². The average molecular weight is 259 g/mol. The Morgan fingerprint density at radius 3 is 2.42 bits per heavy atom. The van der Waals surface area contributed by atoms with Gasteiger partial charge in [0.05, 0.1) is 18.3 Å². The second kappa shape index (κ2) is 5.45. The first kappa shape index (κ1) is 13.6. The molecule has 1 heterocycles. The first-order valence-corrected chi connectivity index (χ1v) is 6.59. The van der Waals surface area contributed by atoms with Crippen LogP contribution >= 0.6 is 0 Å². The molecule has 1 aromatic heterocycles. The lowest BCUT2D eigenvalue weighted by Gasteiger charge is -2.13. The Morgan fingerprint density at radius 1 is 1.26 bits per heavy atom. The third kappa shape index (κ3) is 2.79. The number of benzene rings is 1. The molecule has 0 aliphatic carbocycles. The molecule has 0 radical (unpaired) electrons. The molecule has 2 aromatic rings. The van der Waals surface area contributed by atoms with Crippen LogP contribution in [0, 0.1) is 13.8 Å². The van der Waals surface area contributed by atoms with Gasteiger partial charge >= 0.3 is 0 Å². The predicted octanol–water partition coefficient (Wildman–Crippen LogP) is 2.38. The number of nitrogen functional groups attached to an aromatic ring is 1. The fourth-order valence-electron chi connectivity index (χ4n) is 2.41. The lowest BCUT2D eigenvalue weighted by Crippen LogP contribution is -2.11. The Bertz CT molecular complexity index is 558. The van der Waals surface area contributed by atoms with E-state index in [1.54, 1.807) is 12.1 Å². The molecule has 2 rings (SSSR count). The third-order valence-corrected chi connectivity index (χ3v) is 3.55. The van der Waals surface area contributed by atoms with Crippen LogP contribution in [0.4, 0.5) is 5.69 Å². The fraction of sp³-hybridized carbons (Fsp3) is 0.400. The second-order valence-corrected chi connectivity index (χ2v) is 4.87. The van der Waals surface area contributed by atoms with Crippen LogP contribution < -0.4 is 5.73 Å². The highest BCUT2D eigenvalue weighted by Crippen LogP contribution is 2.20. The molecule has 1 atom stereocenters. The van der Waals surface area contributed by atoms with Gasteiger partial charge in [0.25, 0.3) is 0 Å². The molecule has 1 unspecified atom stereocenters. The van der Waals surface area contributed by atoms with Crippen molar-refractivity contribution in [1.29, 1.82) is 0 Å². The smallest absolute Gasteiger partial charge is 0.0986 e. The molecule has 0 saturated heterocycles. The highest BCUT2D eigenvalue weighted by Gasteiger charge is 2.14. The molecular weight excluding hydrogens is 238 g/mol. The lowest BCUT2D eigenvalue weighted by molar-refractivity contribution is 0.150. The van der Waals surface area contributed by atoms with Gasteiger partial charge in [-0.05, 0) is 43.5 Å². The molecule has 0 aliphatic heterocycles. The maximum absolute atomic E-state index is 10.3. The number of nitrogens with two attached hydrogens (primary N) is 1. The van der Waals surface area contributed by atoms with Crippen molar-refractivity contribution < 1.29 is 5.11 Å². The van der Waals surface area contributed by atoms with E-state index in [4.69, 9.17) is 5.73 Å². The van der Waals surface area contributed by atoms with E-state index >= 15 is 0 Å². The first-order valence-electron chi connectivity index (χ1n) is 6.59. The van der Waals surface area contributed by atoms with E-state index in [0.717, 1.165) is 23.4 Å². The first-order chi connectivity index (χ1) is 9.02. The molecule has 0 bridgehead atoms. The minimum absolute atomic E-state index is 0.469. The van der Waals surface area contributed by atoms with Crippen LogP contribution in [0.3, 0.4) is 0 Å². The van der Waals surface area contributed by atoms with Crippen molar-refractivity contribution in [1.82, 2.24) is 9.78 Å². The molecule has 1 aromatic carbocycles. The van der Waals surface area contributed by atoms with Gasteiger partial charge in [-0.1, -0.05) is 19.1 Å². The van der Waals surface area contributed by atoms with E-state index in [9.17, 15) is 5.11 Å². The summed E-state index contributed by atoms with van der Waals surface area (Å²) >= 11 is 0. The van der Waals surface area contributed by atoms with Gasteiger partial charge in [0.1, 0.15) is 0 Å². The Labute approximate surface area is 113 Å².